The van der Waals surface area contributed by atoms with Gasteiger partial charge >= 0.3 is 0 Å². The van der Waals surface area contributed by atoms with Crippen molar-refractivity contribution in [2.24, 2.45) is 0 Å². The molecule has 1 heterocycles. The van der Waals surface area contributed by atoms with Crippen LogP contribution in [0.3, 0.4) is 0 Å². The molecule has 0 saturated carbocycles. The van der Waals surface area contributed by atoms with Crippen LogP contribution in [-0.4, -0.2) is 31.0 Å². The number of carbonyl (C=O) groups is 2. The standard InChI is InChI=1S/C25H20FNO5/c1-31-19-13-10-16(14-20(19)32-2)23(28)21-22(15-8-11-17(26)12-9-15)27(25(30)24(21)29)18-6-4-3-5-7-18/h3-14,22,28H,1-2H3/b23-21-. The molecule has 3 aromatic carbocycles. The molecule has 1 saturated heterocycles. The summed E-state index contributed by atoms with van der Waals surface area (Å²) in [6, 6.07) is 17.9. The van der Waals surface area contributed by atoms with Crippen molar-refractivity contribution in [1.82, 2.24) is 0 Å². The normalized spacial score (nSPS) is 17.5. The molecule has 1 N–H and O–H groups in total. The van der Waals surface area contributed by atoms with Gasteiger partial charge < -0.3 is 14.6 Å². The molecule has 1 fully saturated rings. The summed E-state index contributed by atoms with van der Waals surface area (Å²) in [6.45, 7) is 0. The van der Waals surface area contributed by atoms with E-state index in [9.17, 15) is 19.1 Å². The third-order valence-corrected chi connectivity index (χ3v) is 5.32. The first-order valence-corrected chi connectivity index (χ1v) is 9.80. The Hall–Kier alpha value is -4.13. The van der Waals surface area contributed by atoms with Gasteiger partial charge in [0, 0.05) is 11.3 Å². The molecule has 0 radical (unpaired) electrons. The second-order valence-corrected chi connectivity index (χ2v) is 7.13. The quantitative estimate of drug-likeness (QED) is 0.365. The number of ketones is 1. The van der Waals surface area contributed by atoms with Crippen molar-refractivity contribution in [3.63, 3.8) is 0 Å². The number of nitrogens with zero attached hydrogens (tertiary/aromatic N) is 1. The average Bonchev–Trinajstić information content (AvgIpc) is 3.09. The van der Waals surface area contributed by atoms with E-state index in [1.54, 1.807) is 42.5 Å². The Morgan fingerprint density at radius 3 is 2.19 bits per heavy atom. The molecule has 1 aliphatic rings. The molecule has 32 heavy (non-hydrogen) atoms. The Kier molecular flexibility index (Phi) is 5.64. The molecule has 1 aliphatic heterocycles. The zero-order valence-electron chi connectivity index (χ0n) is 17.4. The fourth-order valence-corrected chi connectivity index (χ4v) is 3.79. The highest BCUT2D eigenvalue weighted by Crippen LogP contribution is 2.42. The van der Waals surface area contributed by atoms with E-state index in [2.05, 4.69) is 0 Å². The van der Waals surface area contributed by atoms with Gasteiger partial charge in [0.2, 0.25) is 0 Å². The van der Waals surface area contributed by atoms with Crippen LogP contribution in [0, 0.1) is 5.82 Å². The monoisotopic (exact) mass is 433 g/mol. The number of Topliss-reactive ketones (excluding diaryl/α,β-unsaturated/α-hetero) is 1. The number of hydrogen-bond acceptors (Lipinski definition) is 5. The molecule has 6 nitrogen and oxygen atoms in total. The van der Waals surface area contributed by atoms with Crippen LogP contribution in [0.5, 0.6) is 11.5 Å². The number of anilines is 1. The summed E-state index contributed by atoms with van der Waals surface area (Å²) >= 11 is 0. The summed E-state index contributed by atoms with van der Waals surface area (Å²) in [5, 5.41) is 11.2. The molecule has 0 bridgehead atoms. The smallest absolute Gasteiger partial charge is 0.300 e. The lowest BCUT2D eigenvalue weighted by molar-refractivity contribution is -0.132. The third-order valence-electron chi connectivity index (χ3n) is 5.32. The van der Waals surface area contributed by atoms with Gasteiger partial charge in [-0.05, 0) is 48.0 Å². The van der Waals surface area contributed by atoms with Gasteiger partial charge in [0.05, 0.1) is 25.8 Å². The van der Waals surface area contributed by atoms with Crippen LogP contribution in [0.2, 0.25) is 0 Å². The number of methoxy groups -OCH3 is 2. The minimum atomic E-state index is -0.939. The summed E-state index contributed by atoms with van der Waals surface area (Å²) in [6.07, 6.45) is 0. The molecule has 1 amide bonds. The van der Waals surface area contributed by atoms with Crippen LogP contribution in [0.1, 0.15) is 17.2 Å². The number of aliphatic hydroxyl groups is 1. The van der Waals surface area contributed by atoms with E-state index in [1.165, 1.54) is 49.5 Å². The lowest BCUT2D eigenvalue weighted by Crippen LogP contribution is -2.29. The van der Waals surface area contributed by atoms with E-state index in [4.69, 9.17) is 9.47 Å². The number of carbonyl (C=O) groups excluding carboxylic acids is 2. The Labute approximate surface area is 184 Å². The van der Waals surface area contributed by atoms with Crippen molar-refractivity contribution in [1.29, 1.82) is 0 Å². The molecular weight excluding hydrogens is 413 g/mol. The van der Waals surface area contributed by atoms with Crippen LogP contribution < -0.4 is 14.4 Å². The highest BCUT2D eigenvalue weighted by molar-refractivity contribution is 6.51. The van der Waals surface area contributed by atoms with Crippen molar-refractivity contribution < 1.29 is 28.6 Å². The predicted octanol–water partition coefficient (Wildman–Crippen LogP) is 4.47. The minimum absolute atomic E-state index is 0.0994. The molecule has 1 unspecified atom stereocenters. The Bertz CT molecular complexity index is 1200. The van der Waals surface area contributed by atoms with Crippen LogP contribution in [-0.2, 0) is 9.59 Å². The van der Waals surface area contributed by atoms with E-state index in [0.29, 0.717) is 22.7 Å². The lowest BCUT2D eigenvalue weighted by Gasteiger charge is -2.25. The average molecular weight is 433 g/mol. The van der Waals surface area contributed by atoms with Crippen molar-refractivity contribution >= 4 is 23.1 Å². The maximum absolute atomic E-state index is 13.6. The maximum Gasteiger partial charge on any atom is 0.300 e. The predicted molar refractivity (Wildman–Crippen MR) is 117 cm³/mol. The molecule has 7 heteroatoms. The second kappa shape index (κ2) is 8.55. The highest BCUT2D eigenvalue weighted by atomic mass is 19.1. The summed E-state index contributed by atoms with van der Waals surface area (Å²) in [5.74, 6) is -1.64. The largest absolute Gasteiger partial charge is 0.507 e. The Morgan fingerprint density at radius 2 is 1.56 bits per heavy atom. The Morgan fingerprint density at radius 1 is 0.906 bits per heavy atom. The maximum atomic E-state index is 13.6. The summed E-state index contributed by atoms with van der Waals surface area (Å²) in [5.41, 5.74) is 1.14. The van der Waals surface area contributed by atoms with Gasteiger partial charge in [-0.25, -0.2) is 4.39 Å². The van der Waals surface area contributed by atoms with Crippen LogP contribution >= 0.6 is 0 Å². The number of hydrogen-bond donors (Lipinski definition) is 1. The van der Waals surface area contributed by atoms with Crippen molar-refractivity contribution in [2.45, 2.75) is 6.04 Å². The van der Waals surface area contributed by atoms with Crippen LogP contribution in [0.4, 0.5) is 10.1 Å². The van der Waals surface area contributed by atoms with E-state index >= 15 is 0 Å². The first-order chi connectivity index (χ1) is 15.5. The Balaban J connectivity index is 1.93. The number of ether oxygens (including phenoxy) is 2. The topological polar surface area (TPSA) is 76.1 Å². The lowest BCUT2D eigenvalue weighted by atomic mass is 9.95. The van der Waals surface area contributed by atoms with E-state index < -0.39 is 23.5 Å². The fourth-order valence-electron chi connectivity index (χ4n) is 3.79. The van der Waals surface area contributed by atoms with Gasteiger partial charge in [-0.15, -0.1) is 0 Å². The number of halogens is 1. The molecule has 4 rings (SSSR count). The van der Waals surface area contributed by atoms with Gasteiger partial charge in [0.1, 0.15) is 11.6 Å². The first-order valence-electron chi connectivity index (χ1n) is 9.80. The van der Waals surface area contributed by atoms with E-state index in [0.717, 1.165) is 0 Å². The molecule has 0 aromatic heterocycles. The van der Waals surface area contributed by atoms with Gasteiger partial charge in [-0.1, -0.05) is 30.3 Å². The molecule has 162 valence electrons. The zero-order chi connectivity index (χ0) is 22.8. The summed E-state index contributed by atoms with van der Waals surface area (Å²) in [7, 11) is 2.94. The molecule has 1 atom stereocenters. The molecule has 0 aliphatic carbocycles. The van der Waals surface area contributed by atoms with Gasteiger partial charge in [0.25, 0.3) is 11.7 Å². The van der Waals surface area contributed by atoms with Gasteiger partial charge in [0.15, 0.2) is 11.5 Å². The third kappa shape index (κ3) is 3.58. The zero-order valence-corrected chi connectivity index (χ0v) is 17.4. The van der Waals surface area contributed by atoms with Crippen molar-refractivity contribution in [2.75, 3.05) is 19.1 Å². The van der Waals surface area contributed by atoms with Crippen LogP contribution in [0.15, 0.2) is 78.4 Å². The number of amides is 1. The first kappa shape index (κ1) is 21.1. The van der Waals surface area contributed by atoms with Gasteiger partial charge in [-0.3, -0.25) is 14.5 Å². The number of rotatable bonds is 5. The second-order valence-electron chi connectivity index (χ2n) is 7.13. The summed E-state index contributed by atoms with van der Waals surface area (Å²) < 4.78 is 24.1. The molecule has 0 spiro atoms. The SMILES string of the molecule is COc1ccc(/C(O)=C2/C(=O)C(=O)N(c3ccccc3)C2c2ccc(F)cc2)cc1OC. The number of para-hydroxylation sites is 1. The number of aliphatic hydroxyl groups excluding tert-OH is 1. The van der Waals surface area contributed by atoms with Gasteiger partial charge in [-0.2, -0.15) is 0 Å². The minimum Gasteiger partial charge on any atom is -0.507 e. The van der Waals surface area contributed by atoms with Crippen molar-refractivity contribution in [3.8, 4) is 11.5 Å². The highest BCUT2D eigenvalue weighted by Gasteiger charge is 2.47. The molecule has 3 aromatic rings. The number of benzene rings is 3. The van der Waals surface area contributed by atoms with E-state index in [-0.39, 0.29) is 16.9 Å². The van der Waals surface area contributed by atoms with Crippen molar-refractivity contribution in [3.05, 3.63) is 95.3 Å². The molecular formula is C25H20FNO5. The summed E-state index contributed by atoms with van der Waals surface area (Å²) in [4.78, 5) is 27.4. The van der Waals surface area contributed by atoms with Crippen LogP contribution in [0.25, 0.3) is 5.76 Å². The van der Waals surface area contributed by atoms with E-state index in [1.807, 2.05) is 0 Å². The fraction of sp³-hybridized carbons (Fsp3) is 0.120.